The summed E-state index contributed by atoms with van der Waals surface area (Å²) in [5.41, 5.74) is 0.708. The Morgan fingerprint density at radius 2 is 1.76 bits per heavy atom. The minimum Gasteiger partial charge on any atom is -0.468 e. The van der Waals surface area contributed by atoms with Crippen LogP contribution in [0.15, 0.2) is 24.3 Å². The molecule has 2 rings (SSSR count). The number of benzene rings is 1. The molecule has 3 amide bonds. The van der Waals surface area contributed by atoms with Crippen molar-refractivity contribution in [2.45, 2.75) is 64.8 Å². The monoisotopic (exact) mass is 477 g/mol. The minimum absolute atomic E-state index is 0.117. The molecule has 10 heteroatoms. The van der Waals surface area contributed by atoms with Gasteiger partial charge in [0.15, 0.2) is 0 Å². The van der Waals surface area contributed by atoms with Crippen LogP contribution in [0.5, 0.6) is 0 Å². The van der Waals surface area contributed by atoms with E-state index in [9.17, 15) is 24.3 Å². The Kier molecular flexibility index (Phi) is 9.03. The van der Waals surface area contributed by atoms with Crippen LogP contribution in [0.2, 0.25) is 0 Å². The first kappa shape index (κ1) is 27.1. The summed E-state index contributed by atoms with van der Waals surface area (Å²) < 4.78 is 9.81. The van der Waals surface area contributed by atoms with E-state index in [0.29, 0.717) is 12.0 Å². The van der Waals surface area contributed by atoms with Crippen LogP contribution in [0, 0.1) is 12.8 Å². The Morgan fingerprint density at radius 3 is 2.24 bits per heavy atom. The number of esters is 1. The number of carbonyl (C=O) groups is 4. The van der Waals surface area contributed by atoms with Gasteiger partial charge in [-0.05, 0) is 45.6 Å². The highest BCUT2D eigenvalue weighted by Crippen LogP contribution is 2.40. The van der Waals surface area contributed by atoms with E-state index in [1.165, 1.54) is 12.0 Å². The standard InChI is InChI=1S/C24H35N3O7/c1-14-7-9-16(10-8-14)20(21(30)25-12-19(29)33-6)27(18-11-15(18)2)22(31)17(13-28)26-23(32)34-24(3,4)5/h7-10,15,17-18,20,28H,11-13H2,1-6H3,(H,25,30)(H,26,32). The van der Waals surface area contributed by atoms with Crippen molar-refractivity contribution >= 4 is 23.9 Å². The lowest BCUT2D eigenvalue weighted by molar-refractivity contribution is -0.145. The Hall–Kier alpha value is -3.14. The average molecular weight is 478 g/mol. The highest BCUT2D eigenvalue weighted by molar-refractivity contribution is 5.93. The summed E-state index contributed by atoms with van der Waals surface area (Å²) in [6.45, 7) is 7.84. The van der Waals surface area contributed by atoms with E-state index < -0.39 is 48.2 Å². The first-order chi connectivity index (χ1) is 15.9. The number of hydrogen-bond acceptors (Lipinski definition) is 7. The van der Waals surface area contributed by atoms with Gasteiger partial charge >= 0.3 is 12.1 Å². The predicted molar refractivity (Wildman–Crippen MR) is 124 cm³/mol. The van der Waals surface area contributed by atoms with Crippen molar-refractivity contribution in [3.8, 4) is 0 Å². The summed E-state index contributed by atoms with van der Waals surface area (Å²) in [5, 5.41) is 14.8. The molecule has 4 unspecified atom stereocenters. The van der Waals surface area contributed by atoms with Crippen LogP contribution in [0.4, 0.5) is 4.79 Å². The van der Waals surface area contributed by atoms with E-state index in [1.807, 2.05) is 26.0 Å². The first-order valence-corrected chi connectivity index (χ1v) is 11.2. The topological polar surface area (TPSA) is 134 Å². The van der Waals surface area contributed by atoms with E-state index in [2.05, 4.69) is 15.4 Å². The molecule has 3 N–H and O–H groups in total. The van der Waals surface area contributed by atoms with Gasteiger partial charge in [-0.1, -0.05) is 36.8 Å². The summed E-state index contributed by atoms with van der Waals surface area (Å²) in [4.78, 5) is 52.1. The van der Waals surface area contributed by atoms with Crippen molar-refractivity contribution in [3.63, 3.8) is 0 Å². The number of carbonyl (C=O) groups excluding carboxylic acids is 4. The van der Waals surface area contributed by atoms with Crippen LogP contribution in [-0.2, 0) is 23.9 Å². The van der Waals surface area contributed by atoms with E-state index in [4.69, 9.17) is 4.74 Å². The van der Waals surface area contributed by atoms with E-state index >= 15 is 0 Å². The molecule has 0 bridgehead atoms. The molecule has 34 heavy (non-hydrogen) atoms. The number of nitrogens with zero attached hydrogens (tertiary/aromatic N) is 1. The molecule has 1 aromatic rings. The Bertz CT molecular complexity index is 895. The zero-order chi connectivity index (χ0) is 25.6. The van der Waals surface area contributed by atoms with Gasteiger partial charge in [0.2, 0.25) is 11.8 Å². The molecular formula is C24H35N3O7. The minimum atomic E-state index is -1.32. The van der Waals surface area contributed by atoms with Crippen molar-refractivity contribution in [3.05, 3.63) is 35.4 Å². The van der Waals surface area contributed by atoms with Gasteiger partial charge in [0, 0.05) is 6.04 Å². The number of methoxy groups -OCH3 is 1. The molecule has 0 saturated heterocycles. The van der Waals surface area contributed by atoms with Gasteiger partial charge in [-0.15, -0.1) is 0 Å². The lowest BCUT2D eigenvalue weighted by atomic mass is 10.0. The summed E-state index contributed by atoms with van der Waals surface area (Å²) in [5.74, 6) is -1.71. The fraction of sp³-hybridized carbons (Fsp3) is 0.583. The number of hydrogen-bond donors (Lipinski definition) is 3. The largest absolute Gasteiger partial charge is 0.468 e. The number of aliphatic hydroxyl groups excluding tert-OH is 1. The molecule has 0 radical (unpaired) electrons. The lowest BCUT2D eigenvalue weighted by Gasteiger charge is -2.34. The summed E-state index contributed by atoms with van der Waals surface area (Å²) in [6.07, 6.45) is -0.200. The number of nitrogens with one attached hydrogen (secondary N) is 2. The third kappa shape index (κ3) is 7.44. The van der Waals surface area contributed by atoms with Crippen LogP contribution >= 0.6 is 0 Å². The lowest BCUT2D eigenvalue weighted by Crippen LogP contribution is -2.55. The molecule has 1 aliphatic carbocycles. The number of aryl methyl sites for hydroxylation is 1. The number of amides is 3. The Morgan fingerprint density at radius 1 is 1.18 bits per heavy atom. The third-order valence-corrected chi connectivity index (χ3v) is 5.40. The quantitative estimate of drug-likeness (QED) is 0.458. The first-order valence-electron chi connectivity index (χ1n) is 11.2. The van der Waals surface area contributed by atoms with Crippen LogP contribution in [0.3, 0.4) is 0 Å². The molecule has 0 spiro atoms. The normalized spacial score (nSPS) is 18.8. The molecule has 0 aromatic heterocycles. The Labute approximate surface area is 200 Å². The van der Waals surface area contributed by atoms with E-state index in [1.54, 1.807) is 32.9 Å². The van der Waals surface area contributed by atoms with E-state index in [-0.39, 0.29) is 18.5 Å². The zero-order valence-electron chi connectivity index (χ0n) is 20.6. The predicted octanol–water partition coefficient (Wildman–Crippen LogP) is 1.45. The number of ether oxygens (including phenoxy) is 2. The fourth-order valence-corrected chi connectivity index (χ4v) is 3.50. The SMILES string of the molecule is COC(=O)CNC(=O)C(c1ccc(C)cc1)N(C(=O)C(CO)NC(=O)OC(C)(C)C)C1CC1C. The van der Waals surface area contributed by atoms with Crippen molar-refractivity contribution in [1.82, 2.24) is 15.5 Å². The van der Waals surface area contributed by atoms with Crippen molar-refractivity contribution in [1.29, 1.82) is 0 Å². The molecule has 4 atom stereocenters. The average Bonchev–Trinajstić information content (AvgIpc) is 3.48. The molecule has 10 nitrogen and oxygen atoms in total. The van der Waals surface area contributed by atoms with Gasteiger partial charge in [-0.25, -0.2) is 4.79 Å². The fourth-order valence-electron chi connectivity index (χ4n) is 3.50. The highest BCUT2D eigenvalue weighted by atomic mass is 16.6. The summed E-state index contributed by atoms with van der Waals surface area (Å²) >= 11 is 0. The summed E-state index contributed by atoms with van der Waals surface area (Å²) in [7, 11) is 1.21. The smallest absolute Gasteiger partial charge is 0.408 e. The van der Waals surface area contributed by atoms with Gasteiger partial charge in [0.25, 0.3) is 0 Å². The van der Waals surface area contributed by atoms with Crippen LogP contribution in [0.25, 0.3) is 0 Å². The second kappa shape index (κ2) is 11.3. The summed E-state index contributed by atoms with van der Waals surface area (Å²) in [6, 6.07) is 4.43. The van der Waals surface area contributed by atoms with Crippen LogP contribution < -0.4 is 10.6 Å². The molecule has 188 valence electrons. The second-order valence-corrected chi connectivity index (χ2v) is 9.51. The number of rotatable bonds is 9. The Balaban J connectivity index is 2.39. The highest BCUT2D eigenvalue weighted by Gasteiger charge is 2.48. The number of aliphatic hydroxyl groups is 1. The molecule has 1 aliphatic rings. The third-order valence-electron chi connectivity index (χ3n) is 5.40. The number of alkyl carbamates (subject to hydrolysis) is 1. The second-order valence-electron chi connectivity index (χ2n) is 9.51. The van der Waals surface area contributed by atoms with E-state index in [0.717, 1.165) is 5.56 Å². The van der Waals surface area contributed by atoms with Crippen molar-refractivity contribution in [2.75, 3.05) is 20.3 Å². The van der Waals surface area contributed by atoms with Gasteiger partial charge in [0.1, 0.15) is 24.2 Å². The van der Waals surface area contributed by atoms with Gasteiger partial charge in [-0.2, -0.15) is 0 Å². The zero-order valence-corrected chi connectivity index (χ0v) is 20.6. The molecule has 1 saturated carbocycles. The maximum Gasteiger partial charge on any atom is 0.408 e. The van der Waals surface area contributed by atoms with Crippen molar-refractivity contribution in [2.24, 2.45) is 5.92 Å². The van der Waals surface area contributed by atoms with Crippen LogP contribution in [0.1, 0.15) is 51.3 Å². The van der Waals surface area contributed by atoms with Gasteiger partial charge in [0.05, 0.1) is 13.7 Å². The molecule has 0 aliphatic heterocycles. The molecule has 0 heterocycles. The van der Waals surface area contributed by atoms with Gasteiger partial charge < -0.3 is 30.1 Å². The van der Waals surface area contributed by atoms with Crippen molar-refractivity contribution < 1.29 is 33.8 Å². The maximum absolute atomic E-state index is 13.6. The molecule has 1 fully saturated rings. The molecular weight excluding hydrogens is 442 g/mol. The maximum atomic E-state index is 13.6. The van der Waals surface area contributed by atoms with Crippen LogP contribution in [-0.4, -0.2) is 71.8 Å². The van der Waals surface area contributed by atoms with Gasteiger partial charge in [-0.3, -0.25) is 14.4 Å². The molecule has 1 aromatic carbocycles.